The number of benzene rings is 3. The van der Waals surface area contributed by atoms with Crippen molar-refractivity contribution in [1.29, 1.82) is 5.26 Å². The molecule has 3 heteroatoms. The number of pyridine rings is 1. The van der Waals surface area contributed by atoms with Crippen LogP contribution in [0.25, 0.3) is 44.3 Å². The lowest BCUT2D eigenvalue weighted by Gasteiger charge is -2.25. The third-order valence-electron chi connectivity index (χ3n) is 7.57. The average molecular weight is 504 g/mol. The summed E-state index contributed by atoms with van der Waals surface area (Å²) < 4.78 is 45.3. The second-order valence-corrected chi connectivity index (χ2v) is 12.0. The summed E-state index contributed by atoms with van der Waals surface area (Å²) in [5.74, 6) is 0. The van der Waals surface area contributed by atoms with E-state index in [2.05, 4.69) is 35.8 Å². The molecule has 0 bridgehead atoms. The van der Waals surface area contributed by atoms with Gasteiger partial charge in [0, 0.05) is 34.0 Å². The monoisotopic (exact) mass is 503 g/mol. The largest absolute Gasteiger partial charge is 0.454 e. The quantitative estimate of drug-likeness (QED) is 0.227. The van der Waals surface area contributed by atoms with Gasteiger partial charge in [0.05, 0.1) is 17.2 Å². The molecule has 0 aliphatic heterocycles. The molecule has 0 saturated carbocycles. The number of aromatic nitrogens is 1. The lowest BCUT2D eigenvalue weighted by atomic mass is 9.80. The Labute approximate surface area is 231 Å². The Kier molecular flexibility index (Phi) is 4.39. The summed E-state index contributed by atoms with van der Waals surface area (Å²) in [5, 5.41) is 12.1. The Hall–Kier alpha value is -3.90. The lowest BCUT2D eigenvalue weighted by Crippen LogP contribution is -2.30. The predicted molar refractivity (Wildman–Crippen MR) is 155 cm³/mol. The third-order valence-corrected chi connectivity index (χ3v) is 7.57. The molecule has 0 amide bonds. The van der Waals surface area contributed by atoms with Crippen LogP contribution in [0.2, 0.25) is 0 Å². The highest BCUT2D eigenvalue weighted by atomic mass is 16.3. The van der Waals surface area contributed by atoms with Gasteiger partial charge in [0.25, 0.3) is 0 Å². The maximum absolute atomic E-state index is 10.3. The van der Waals surface area contributed by atoms with E-state index < -0.39 is 23.6 Å². The maximum atomic E-state index is 10.3. The van der Waals surface area contributed by atoms with Gasteiger partial charge in [-0.05, 0) is 76.5 Å². The van der Waals surface area contributed by atoms with Gasteiger partial charge in [0.2, 0.25) is 5.69 Å². The number of hydrogen-bond acceptors (Lipinski definition) is 2. The van der Waals surface area contributed by atoms with Gasteiger partial charge in [-0.2, -0.15) is 5.26 Å². The summed E-state index contributed by atoms with van der Waals surface area (Å²) in [7, 11) is 2.00. The molecule has 0 fully saturated rings. The molecular formula is C35H35N2O+. The van der Waals surface area contributed by atoms with Crippen LogP contribution in [0.4, 0.5) is 0 Å². The molecule has 0 unspecified atom stereocenters. The molecule has 3 nitrogen and oxygen atoms in total. The number of fused-ring (bicyclic) bond motifs is 4. The molecule has 2 aromatic heterocycles. The van der Waals surface area contributed by atoms with Crippen LogP contribution in [0.5, 0.6) is 0 Å². The second kappa shape index (κ2) is 8.30. The zero-order valence-electron chi connectivity index (χ0n) is 27.1. The summed E-state index contributed by atoms with van der Waals surface area (Å²) in [6, 6.07) is 20.0. The van der Waals surface area contributed by atoms with Crippen molar-refractivity contribution in [2.24, 2.45) is 12.5 Å². The summed E-state index contributed by atoms with van der Waals surface area (Å²) in [6.07, 6.45) is -1.83. The van der Waals surface area contributed by atoms with Crippen molar-refractivity contribution in [2.75, 3.05) is 0 Å². The Balaban J connectivity index is 1.75. The SMILES string of the molecule is [2H]C1([2H])c2cc(-c3c(C#N)ccc4c3oc3c(-c5cccc[n+]5C)c(C)ccc34)cc(C(C)(C)C)c2C([2H])([2H])C1(C)C. The molecule has 1 aliphatic carbocycles. The molecule has 0 atom stereocenters. The Bertz CT molecular complexity index is 1990. The zero-order valence-corrected chi connectivity index (χ0v) is 23.1. The van der Waals surface area contributed by atoms with Crippen molar-refractivity contribution < 1.29 is 14.5 Å². The Morgan fingerprint density at radius 1 is 0.974 bits per heavy atom. The van der Waals surface area contributed by atoms with Gasteiger partial charge in [-0.1, -0.05) is 58.9 Å². The smallest absolute Gasteiger partial charge is 0.216 e. The summed E-state index contributed by atoms with van der Waals surface area (Å²) in [4.78, 5) is 0. The highest BCUT2D eigenvalue weighted by molar-refractivity contribution is 6.14. The minimum absolute atomic E-state index is 0.338. The standard InChI is InChI=1S/C35H35N2O/c1-21-11-13-25-26-14-12-22(20-36)31(33(26)38-32(25)30(21)29-10-8-9-15-37(29)7)23-16-24-18-35(5,6)19-27(24)28(17-23)34(2,3)4/h8-17H,18-19H2,1-7H3/q+1/i18D2,19D2. The van der Waals surface area contributed by atoms with E-state index in [-0.39, 0.29) is 0 Å². The minimum atomic E-state index is -1.94. The molecule has 38 heavy (non-hydrogen) atoms. The third kappa shape index (κ3) is 3.74. The van der Waals surface area contributed by atoms with Crippen molar-refractivity contribution in [2.45, 2.75) is 59.7 Å². The van der Waals surface area contributed by atoms with E-state index >= 15 is 0 Å². The molecule has 0 spiro atoms. The number of furan rings is 1. The van der Waals surface area contributed by atoms with E-state index in [9.17, 15) is 5.26 Å². The second-order valence-electron chi connectivity index (χ2n) is 12.0. The van der Waals surface area contributed by atoms with Crippen molar-refractivity contribution in [3.63, 3.8) is 0 Å². The summed E-state index contributed by atoms with van der Waals surface area (Å²) >= 11 is 0. The Morgan fingerprint density at radius 3 is 2.37 bits per heavy atom. The average Bonchev–Trinajstić information content (AvgIpc) is 3.34. The number of rotatable bonds is 2. The number of aryl methyl sites for hydroxylation is 2. The number of nitrogens with zero attached hydrogens (tertiary/aromatic N) is 2. The highest BCUT2D eigenvalue weighted by Gasteiger charge is 2.34. The van der Waals surface area contributed by atoms with E-state index in [1.54, 1.807) is 26.0 Å². The van der Waals surface area contributed by atoms with Crippen molar-refractivity contribution in [3.05, 3.63) is 88.6 Å². The van der Waals surface area contributed by atoms with Crippen LogP contribution in [0.3, 0.4) is 0 Å². The Morgan fingerprint density at radius 2 is 1.68 bits per heavy atom. The fourth-order valence-electron chi connectivity index (χ4n) is 5.77. The van der Waals surface area contributed by atoms with Crippen molar-refractivity contribution in [1.82, 2.24) is 0 Å². The molecule has 3 aromatic carbocycles. The molecule has 1 aliphatic rings. The van der Waals surface area contributed by atoms with Crippen LogP contribution in [0.15, 0.2) is 65.2 Å². The first-order valence-corrected chi connectivity index (χ1v) is 13.1. The molecule has 6 rings (SSSR count). The first-order valence-electron chi connectivity index (χ1n) is 15.1. The molecule has 0 saturated heterocycles. The first-order chi connectivity index (χ1) is 19.5. The highest BCUT2D eigenvalue weighted by Crippen LogP contribution is 2.46. The number of nitriles is 1. The van der Waals surface area contributed by atoms with Gasteiger partial charge in [0.15, 0.2) is 6.20 Å². The maximum Gasteiger partial charge on any atom is 0.216 e. The first kappa shape index (κ1) is 20.1. The molecule has 190 valence electrons. The van der Waals surface area contributed by atoms with Gasteiger partial charge < -0.3 is 4.42 Å². The zero-order chi connectivity index (χ0) is 30.6. The van der Waals surface area contributed by atoms with E-state index in [4.69, 9.17) is 9.90 Å². The molecule has 5 aromatic rings. The fraction of sp³-hybridized carbons (Fsp3) is 0.314. The lowest BCUT2D eigenvalue weighted by molar-refractivity contribution is -0.660. The molecule has 2 heterocycles. The van der Waals surface area contributed by atoms with Gasteiger partial charge in [-0.25, -0.2) is 4.57 Å². The van der Waals surface area contributed by atoms with Gasteiger partial charge >= 0.3 is 0 Å². The van der Waals surface area contributed by atoms with Gasteiger partial charge in [-0.3, -0.25) is 0 Å². The topological polar surface area (TPSA) is 40.8 Å². The van der Waals surface area contributed by atoms with Crippen LogP contribution >= 0.6 is 0 Å². The van der Waals surface area contributed by atoms with Crippen LogP contribution in [-0.2, 0) is 25.2 Å². The van der Waals surface area contributed by atoms with E-state index in [0.29, 0.717) is 33.4 Å². The van der Waals surface area contributed by atoms with E-state index in [1.807, 2.05) is 58.3 Å². The molecule has 0 radical (unpaired) electrons. The molecule has 0 N–H and O–H groups in total. The normalized spacial score (nSPS) is 18.9. The van der Waals surface area contributed by atoms with Crippen LogP contribution in [0, 0.1) is 23.7 Å². The van der Waals surface area contributed by atoms with Crippen LogP contribution < -0.4 is 4.57 Å². The summed E-state index contributed by atoms with van der Waals surface area (Å²) in [5.41, 5.74) is 5.72. The molecular weight excluding hydrogens is 464 g/mol. The van der Waals surface area contributed by atoms with Gasteiger partial charge in [0.1, 0.15) is 18.2 Å². The summed E-state index contributed by atoms with van der Waals surface area (Å²) in [6.45, 7) is 11.4. The van der Waals surface area contributed by atoms with Crippen molar-refractivity contribution >= 4 is 21.9 Å². The number of hydrogen-bond donors (Lipinski definition) is 0. The van der Waals surface area contributed by atoms with Gasteiger partial charge in [-0.15, -0.1) is 0 Å². The minimum Gasteiger partial charge on any atom is -0.454 e. The van der Waals surface area contributed by atoms with Crippen molar-refractivity contribution in [3.8, 4) is 28.5 Å². The van der Waals surface area contributed by atoms with E-state index in [1.165, 1.54) is 0 Å². The van der Waals surface area contributed by atoms with Crippen LogP contribution in [-0.4, -0.2) is 0 Å². The van der Waals surface area contributed by atoms with E-state index in [0.717, 1.165) is 38.7 Å². The fourth-order valence-corrected chi connectivity index (χ4v) is 5.77. The van der Waals surface area contributed by atoms with Crippen LogP contribution in [0.1, 0.15) is 67.9 Å². The predicted octanol–water partition coefficient (Wildman–Crippen LogP) is 8.35.